The maximum atomic E-state index is 12.7. The number of hydrogen-bond acceptors (Lipinski definition) is 3. The van der Waals surface area contributed by atoms with Gasteiger partial charge >= 0.3 is 18.2 Å². The lowest BCUT2D eigenvalue weighted by Gasteiger charge is -2.30. The first-order chi connectivity index (χ1) is 14.8. The summed E-state index contributed by atoms with van der Waals surface area (Å²) in [5, 5.41) is 8.35. The van der Waals surface area contributed by atoms with Crippen LogP contribution in [0.4, 0.5) is 34.1 Å². The third-order valence-electron chi connectivity index (χ3n) is 4.12. The highest BCUT2D eigenvalue weighted by atomic mass is 35.5. The van der Waals surface area contributed by atoms with Crippen LogP contribution < -0.4 is 21.7 Å². The van der Waals surface area contributed by atoms with E-state index >= 15 is 0 Å². The molecule has 0 bridgehead atoms. The second-order valence-corrected chi connectivity index (χ2v) is 8.24. The molecule has 4 amide bonds. The Morgan fingerprint density at radius 2 is 1.50 bits per heavy atom. The van der Waals surface area contributed by atoms with Crippen LogP contribution in [0.3, 0.4) is 0 Å². The summed E-state index contributed by atoms with van der Waals surface area (Å²) in [6.07, 6.45) is -4.46. The molecule has 0 spiro atoms. The number of anilines is 2. The molecule has 7 nitrogen and oxygen atoms in total. The second kappa shape index (κ2) is 10.6. The van der Waals surface area contributed by atoms with Gasteiger partial charge in [-0.25, -0.2) is 9.59 Å². The summed E-state index contributed by atoms with van der Waals surface area (Å²) in [7, 11) is 0. The maximum absolute atomic E-state index is 12.7. The van der Waals surface area contributed by atoms with E-state index in [-0.39, 0.29) is 25.3 Å². The van der Waals surface area contributed by atoms with Gasteiger partial charge in [0, 0.05) is 41.6 Å². The van der Waals surface area contributed by atoms with Gasteiger partial charge in [0.05, 0.1) is 5.56 Å². The molecule has 0 aliphatic carbocycles. The Morgan fingerprint density at radius 3 is 2.03 bits per heavy atom. The monoisotopic (exact) mass is 471 g/mol. The van der Waals surface area contributed by atoms with Gasteiger partial charge in [-0.1, -0.05) is 11.6 Å². The minimum absolute atomic E-state index is 0.121. The molecule has 32 heavy (non-hydrogen) atoms. The number of urea groups is 2. The van der Waals surface area contributed by atoms with Crippen LogP contribution in [0.15, 0.2) is 48.5 Å². The number of nitrogens with two attached hydrogens (primary N) is 1. The van der Waals surface area contributed by atoms with Crippen molar-refractivity contribution in [2.45, 2.75) is 25.6 Å². The van der Waals surface area contributed by atoms with Gasteiger partial charge in [0.25, 0.3) is 0 Å². The van der Waals surface area contributed by atoms with E-state index in [2.05, 4.69) is 16.0 Å². The third kappa shape index (κ3) is 8.64. The highest BCUT2D eigenvalue weighted by Crippen LogP contribution is 2.29. The van der Waals surface area contributed by atoms with Crippen LogP contribution in [0.1, 0.15) is 19.4 Å². The molecule has 174 valence electrons. The molecule has 2 rings (SSSR count). The number of hydrogen-bond donors (Lipinski definition) is 4. The SMILES string of the molecule is CC(C)(N)CN(CCNC(=O)Nc1ccc(Cl)cc1)C(=O)Nc1ccc(C(F)(F)F)cc1. The topological polar surface area (TPSA) is 99.5 Å². The predicted octanol–water partition coefficient (Wildman–Crippen LogP) is 4.75. The van der Waals surface area contributed by atoms with Crippen molar-refractivity contribution in [2.24, 2.45) is 5.73 Å². The third-order valence-corrected chi connectivity index (χ3v) is 4.37. The van der Waals surface area contributed by atoms with Crippen LogP contribution >= 0.6 is 11.6 Å². The normalized spacial score (nSPS) is 11.6. The summed E-state index contributed by atoms with van der Waals surface area (Å²) in [5.74, 6) is 0. The molecule has 0 radical (unpaired) electrons. The number of nitrogens with zero attached hydrogens (tertiary/aromatic N) is 1. The molecule has 0 heterocycles. The number of benzene rings is 2. The summed E-state index contributed by atoms with van der Waals surface area (Å²) in [6.45, 7) is 3.86. The molecular weight excluding hydrogens is 447 g/mol. The number of halogens is 4. The zero-order valence-corrected chi connectivity index (χ0v) is 18.3. The fourth-order valence-electron chi connectivity index (χ4n) is 2.70. The highest BCUT2D eigenvalue weighted by molar-refractivity contribution is 6.30. The predicted molar refractivity (Wildman–Crippen MR) is 119 cm³/mol. The van der Waals surface area contributed by atoms with E-state index in [1.807, 2.05) is 0 Å². The molecule has 0 fully saturated rings. The van der Waals surface area contributed by atoms with Gasteiger partial charge in [-0.15, -0.1) is 0 Å². The minimum atomic E-state index is -4.46. The average Bonchev–Trinajstić information content (AvgIpc) is 2.68. The van der Waals surface area contributed by atoms with Crippen LogP contribution in [0.5, 0.6) is 0 Å². The fraction of sp³-hybridized carbons (Fsp3) is 0.333. The van der Waals surface area contributed by atoms with Gasteiger partial charge in [0.1, 0.15) is 0 Å². The number of carbonyl (C=O) groups is 2. The molecule has 0 atom stereocenters. The van der Waals surface area contributed by atoms with Crippen molar-refractivity contribution in [1.82, 2.24) is 10.2 Å². The Hall–Kier alpha value is -2.98. The first-order valence-corrected chi connectivity index (χ1v) is 10.0. The quantitative estimate of drug-likeness (QED) is 0.469. The van der Waals surface area contributed by atoms with E-state index in [0.717, 1.165) is 12.1 Å². The largest absolute Gasteiger partial charge is 0.416 e. The standard InChI is InChI=1S/C21H25ClF3N5O2/c1-20(2,26)13-30(12-11-27-18(31)28-16-9-5-15(22)6-10-16)19(32)29-17-7-3-14(4-8-17)21(23,24)25/h3-10H,11-13,26H2,1-2H3,(H,29,32)(H2,27,28,31). The lowest BCUT2D eigenvalue weighted by Crippen LogP contribution is -2.51. The summed E-state index contributed by atoms with van der Waals surface area (Å²) in [4.78, 5) is 26.1. The number of nitrogens with one attached hydrogen (secondary N) is 3. The maximum Gasteiger partial charge on any atom is 0.416 e. The molecule has 2 aromatic rings. The zero-order chi connectivity index (χ0) is 23.9. The van der Waals surface area contributed by atoms with Crippen molar-refractivity contribution >= 4 is 35.0 Å². The van der Waals surface area contributed by atoms with Crippen LogP contribution in [0.25, 0.3) is 0 Å². The Balaban J connectivity index is 1.94. The van der Waals surface area contributed by atoms with Crippen molar-refractivity contribution in [3.63, 3.8) is 0 Å². The second-order valence-electron chi connectivity index (χ2n) is 7.80. The van der Waals surface area contributed by atoms with E-state index in [0.29, 0.717) is 10.7 Å². The molecule has 2 aromatic carbocycles. The fourth-order valence-corrected chi connectivity index (χ4v) is 2.83. The Labute approximate surface area is 189 Å². The lowest BCUT2D eigenvalue weighted by atomic mass is 10.1. The first kappa shape index (κ1) is 25.3. The summed E-state index contributed by atoms with van der Waals surface area (Å²) >= 11 is 5.80. The summed E-state index contributed by atoms with van der Waals surface area (Å²) < 4.78 is 38.1. The molecule has 0 saturated carbocycles. The van der Waals surface area contributed by atoms with Gasteiger partial charge in [-0.3, -0.25) is 0 Å². The molecule has 11 heteroatoms. The first-order valence-electron chi connectivity index (χ1n) is 9.66. The van der Waals surface area contributed by atoms with Crippen molar-refractivity contribution in [3.8, 4) is 0 Å². The molecule has 0 aromatic heterocycles. The van der Waals surface area contributed by atoms with Crippen molar-refractivity contribution in [1.29, 1.82) is 0 Å². The molecule has 5 N–H and O–H groups in total. The van der Waals surface area contributed by atoms with Crippen LogP contribution in [-0.4, -0.2) is 42.1 Å². The molecule has 0 unspecified atom stereocenters. The van der Waals surface area contributed by atoms with Crippen molar-refractivity contribution in [3.05, 3.63) is 59.1 Å². The number of carbonyl (C=O) groups excluding carboxylic acids is 2. The summed E-state index contributed by atoms with van der Waals surface area (Å²) in [5.41, 5.74) is 5.23. The van der Waals surface area contributed by atoms with Crippen LogP contribution in [-0.2, 0) is 6.18 Å². The van der Waals surface area contributed by atoms with Gasteiger partial charge in [0.15, 0.2) is 0 Å². The van der Waals surface area contributed by atoms with E-state index in [1.165, 1.54) is 17.0 Å². The summed E-state index contributed by atoms with van der Waals surface area (Å²) in [6, 6.07) is 9.64. The number of rotatable bonds is 7. The van der Waals surface area contributed by atoms with E-state index in [9.17, 15) is 22.8 Å². The van der Waals surface area contributed by atoms with Crippen LogP contribution in [0, 0.1) is 0 Å². The Kier molecular flexibility index (Phi) is 8.34. The zero-order valence-electron chi connectivity index (χ0n) is 17.6. The molecule has 0 saturated heterocycles. The highest BCUT2D eigenvalue weighted by Gasteiger charge is 2.30. The van der Waals surface area contributed by atoms with Gasteiger partial charge < -0.3 is 26.6 Å². The lowest BCUT2D eigenvalue weighted by molar-refractivity contribution is -0.137. The van der Waals surface area contributed by atoms with Crippen molar-refractivity contribution in [2.75, 3.05) is 30.3 Å². The van der Waals surface area contributed by atoms with Crippen molar-refractivity contribution < 1.29 is 22.8 Å². The van der Waals surface area contributed by atoms with E-state index in [4.69, 9.17) is 17.3 Å². The van der Waals surface area contributed by atoms with E-state index < -0.39 is 29.3 Å². The minimum Gasteiger partial charge on any atom is -0.336 e. The van der Waals surface area contributed by atoms with E-state index in [1.54, 1.807) is 38.1 Å². The Morgan fingerprint density at radius 1 is 0.969 bits per heavy atom. The number of alkyl halides is 3. The number of amides is 4. The molecule has 0 aliphatic heterocycles. The molecular formula is C21H25ClF3N5O2. The smallest absolute Gasteiger partial charge is 0.336 e. The average molecular weight is 472 g/mol. The molecule has 0 aliphatic rings. The van der Waals surface area contributed by atoms with Gasteiger partial charge in [-0.05, 0) is 62.4 Å². The Bertz CT molecular complexity index is 913. The van der Waals surface area contributed by atoms with Gasteiger partial charge in [-0.2, -0.15) is 13.2 Å². The van der Waals surface area contributed by atoms with Gasteiger partial charge in [0.2, 0.25) is 0 Å². The van der Waals surface area contributed by atoms with Crippen LogP contribution in [0.2, 0.25) is 5.02 Å².